The van der Waals surface area contributed by atoms with Gasteiger partial charge in [-0.05, 0) is 30.2 Å². The Morgan fingerprint density at radius 2 is 2.06 bits per heavy atom. The van der Waals surface area contributed by atoms with E-state index >= 15 is 0 Å². The summed E-state index contributed by atoms with van der Waals surface area (Å²) in [5.41, 5.74) is 9.07. The molecule has 0 aliphatic rings. The molecule has 0 amide bonds. The summed E-state index contributed by atoms with van der Waals surface area (Å²) in [6.45, 7) is 2.14. The van der Waals surface area contributed by atoms with E-state index in [4.69, 9.17) is 5.73 Å². The molecule has 1 heterocycles. The van der Waals surface area contributed by atoms with E-state index in [1.165, 1.54) is 5.56 Å². The fourth-order valence-electron chi connectivity index (χ4n) is 1.63. The summed E-state index contributed by atoms with van der Waals surface area (Å²) in [6, 6.07) is 8.21. The molecule has 1 aromatic heterocycles. The molecule has 1 aromatic carbocycles. The molecule has 2 N–H and O–H groups in total. The molecular weight excluding hydrogens is 266 g/mol. The van der Waals surface area contributed by atoms with Crippen LogP contribution in [0.1, 0.15) is 12.5 Å². The highest BCUT2D eigenvalue weighted by atomic mass is 79.9. The number of nitrogen functional groups attached to an aromatic ring is 1. The molecule has 0 fully saturated rings. The van der Waals surface area contributed by atoms with Crippen LogP contribution >= 0.6 is 15.9 Å². The summed E-state index contributed by atoms with van der Waals surface area (Å²) in [5, 5.41) is 4.37. The maximum absolute atomic E-state index is 5.78. The smallest absolute Gasteiger partial charge is 0.121 e. The molecule has 0 spiro atoms. The van der Waals surface area contributed by atoms with Crippen LogP contribution in [0, 0.1) is 0 Å². The fourth-order valence-corrected chi connectivity index (χ4v) is 2.17. The summed E-state index contributed by atoms with van der Waals surface area (Å²) in [7, 11) is 1.84. The minimum Gasteiger partial charge on any atom is -0.384 e. The molecule has 0 aliphatic carbocycles. The number of anilines is 1. The third-order valence-electron chi connectivity index (χ3n) is 2.58. The number of hydrogen-bond acceptors (Lipinski definition) is 2. The van der Waals surface area contributed by atoms with Crippen molar-refractivity contribution in [2.24, 2.45) is 7.05 Å². The Kier molecular flexibility index (Phi) is 3.01. The van der Waals surface area contributed by atoms with Crippen molar-refractivity contribution in [2.45, 2.75) is 13.3 Å². The minimum atomic E-state index is 0.674. The van der Waals surface area contributed by atoms with Crippen molar-refractivity contribution in [1.29, 1.82) is 0 Å². The maximum Gasteiger partial charge on any atom is 0.121 e. The number of aryl methyl sites for hydroxylation is 2. The van der Waals surface area contributed by atoms with E-state index in [-0.39, 0.29) is 0 Å². The molecule has 3 nitrogen and oxygen atoms in total. The number of aromatic nitrogens is 2. The Morgan fingerprint density at radius 1 is 1.31 bits per heavy atom. The van der Waals surface area contributed by atoms with Crippen molar-refractivity contribution in [3.8, 4) is 11.3 Å². The van der Waals surface area contributed by atoms with Crippen LogP contribution in [0.5, 0.6) is 0 Å². The van der Waals surface area contributed by atoms with E-state index in [1.807, 2.05) is 13.1 Å². The van der Waals surface area contributed by atoms with Crippen LogP contribution in [-0.4, -0.2) is 9.78 Å². The summed E-state index contributed by atoms with van der Waals surface area (Å²) >= 11 is 3.51. The van der Waals surface area contributed by atoms with E-state index < -0.39 is 0 Å². The van der Waals surface area contributed by atoms with Crippen molar-refractivity contribution >= 4 is 21.7 Å². The number of hydrogen-bond donors (Lipinski definition) is 1. The van der Waals surface area contributed by atoms with Gasteiger partial charge in [-0.1, -0.05) is 22.9 Å². The van der Waals surface area contributed by atoms with Crippen molar-refractivity contribution in [3.63, 3.8) is 0 Å². The molecule has 0 aliphatic heterocycles. The van der Waals surface area contributed by atoms with Gasteiger partial charge >= 0.3 is 0 Å². The molecule has 84 valence electrons. The molecule has 0 radical (unpaired) electrons. The maximum atomic E-state index is 5.78. The molecule has 2 rings (SSSR count). The van der Waals surface area contributed by atoms with E-state index in [0.29, 0.717) is 5.82 Å². The first-order valence-electron chi connectivity index (χ1n) is 5.19. The van der Waals surface area contributed by atoms with Gasteiger partial charge in [0.05, 0.1) is 5.69 Å². The summed E-state index contributed by atoms with van der Waals surface area (Å²) in [5.74, 6) is 0.674. The third kappa shape index (κ3) is 2.11. The van der Waals surface area contributed by atoms with E-state index in [2.05, 4.69) is 46.2 Å². The van der Waals surface area contributed by atoms with Gasteiger partial charge in [0.15, 0.2) is 0 Å². The van der Waals surface area contributed by atoms with Gasteiger partial charge in [-0.15, -0.1) is 0 Å². The lowest BCUT2D eigenvalue weighted by Crippen LogP contribution is -1.96. The van der Waals surface area contributed by atoms with E-state index in [1.54, 1.807) is 4.68 Å². The van der Waals surface area contributed by atoms with Crippen molar-refractivity contribution < 1.29 is 0 Å². The van der Waals surface area contributed by atoms with Gasteiger partial charge in [0.1, 0.15) is 5.82 Å². The third-order valence-corrected chi connectivity index (χ3v) is 3.04. The van der Waals surface area contributed by atoms with Crippen molar-refractivity contribution in [1.82, 2.24) is 9.78 Å². The van der Waals surface area contributed by atoms with Gasteiger partial charge in [-0.2, -0.15) is 5.10 Å². The first kappa shape index (κ1) is 11.2. The zero-order valence-corrected chi connectivity index (χ0v) is 11.0. The second-order valence-electron chi connectivity index (χ2n) is 3.78. The van der Waals surface area contributed by atoms with Crippen LogP contribution in [0.25, 0.3) is 11.3 Å². The standard InChI is InChI=1S/C12H14BrN3/c1-3-8-4-9(6-10(13)5-8)11-7-12(14)16(2)15-11/h4-7H,3,14H2,1-2H3. The molecule has 2 aromatic rings. The largest absolute Gasteiger partial charge is 0.384 e. The van der Waals surface area contributed by atoms with E-state index in [9.17, 15) is 0 Å². The fraction of sp³-hybridized carbons (Fsp3) is 0.250. The molecule has 0 saturated heterocycles. The second-order valence-corrected chi connectivity index (χ2v) is 4.70. The lowest BCUT2D eigenvalue weighted by molar-refractivity contribution is 0.782. The number of nitrogens with zero attached hydrogens (tertiary/aromatic N) is 2. The lowest BCUT2D eigenvalue weighted by atomic mass is 10.1. The van der Waals surface area contributed by atoms with Gasteiger partial charge < -0.3 is 5.73 Å². The number of nitrogens with two attached hydrogens (primary N) is 1. The topological polar surface area (TPSA) is 43.8 Å². The van der Waals surface area contributed by atoms with Gasteiger partial charge in [0, 0.05) is 23.2 Å². The van der Waals surface area contributed by atoms with Crippen LogP contribution in [0.4, 0.5) is 5.82 Å². The van der Waals surface area contributed by atoms with Crippen LogP contribution in [0.15, 0.2) is 28.7 Å². The molecule has 0 bridgehead atoms. The van der Waals surface area contributed by atoms with Gasteiger partial charge in [0.2, 0.25) is 0 Å². The lowest BCUT2D eigenvalue weighted by Gasteiger charge is -2.02. The predicted molar refractivity (Wildman–Crippen MR) is 70.1 cm³/mol. The molecule has 0 saturated carbocycles. The number of halogens is 1. The SMILES string of the molecule is CCc1cc(Br)cc(-c2cc(N)n(C)n2)c1. The Balaban J connectivity index is 2.50. The highest BCUT2D eigenvalue weighted by Gasteiger charge is 2.06. The monoisotopic (exact) mass is 279 g/mol. The Morgan fingerprint density at radius 3 is 2.62 bits per heavy atom. The highest BCUT2D eigenvalue weighted by Crippen LogP contribution is 2.25. The van der Waals surface area contributed by atoms with Crippen LogP contribution in [0.3, 0.4) is 0 Å². The minimum absolute atomic E-state index is 0.674. The van der Waals surface area contributed by atoms with Gasteiger partial charge in [0.25, 0.3) is 0 Å². The Bertz CT molecular complexity index is 497. The van der Waals surface area contributed by atoms with Crippen LogP contribution < -0.4 is 5.73 Å². The predicted octanol–water partition coefficient (Wildman–Crippen LogP) is 2.99. The zero-order chi connectivity index (χ0) is 11.7. The zero-order valence-electron chi connectivity index (χ0n) is 9.37. The van der Waals surface area contributed by atoms with Crippen LogP contribution in [-0.2, 0) is 13.5 Å². The quantitative estimate of drug-likeness (QED) is 0.919. The molecule has 0 unspecified atom stereocenters. The molecule has 16 heavy (non-hydrogen) atoms. The van der Waals surface area contributed by atoms with Crippen LogP contribution in [0.2, 0.25) is 0 Å². The van der Waals surface area contributed by atoms with Gasteiger partial charge in [-0.25, -0.2) is 0 Å². The number of rotatable bonds is 2. The summed E-state index contributed by atoms with van der Waals surface area (Å²) < 4.78 is 2.76. The van der Waals surface area contributed by atoms with E-state index in [0.717, 1.165) is 22.2 Å². The molecule has 0 atom stereocenters. The molecular formula is C12H14BrN3. The van der Waals surface area contributed by atoms with Crippen molar-refractivity contribution in [2.75, 3.05) is 5.73 Å². The average Bonchev–Trinajstić information content (AvgIpc) is 2.58. The van der Waals surface area contributed by atoms with Crippen molar-refractivity contribution in [3.05, 3.63) is 34.3 Å². The molecule has 4 heteroatoms. The van der Waals surface area contributed by atoms with Gasteiger partial charge in [-0.3, -0.25) is 4.68 Å². The second kappa shape index (κ2) is 4.29. The normalized spacial score (nSPS) is 10.7. The Labute approximate surface area is 103 Å². The highest BCUT2D eigenvalue weighted by molar-refractivity contribution is 9.10. The average molecular weight is 280 g/mol. The Hall–Kier alpha value is -1.29. The number of benzene rings is 1. The summed E-state index contributed by atoms with van der Waals surface area (Å²) in [6.07, 6.45) is 1.01. The first-order valence-corrected chi connectivity index (χ1v) is 5.99. The first-order chi connectivity index (χ1) is 7.60. The summed E-state index contributed by atoms with van der Waals surface area (Å²) in [4.78, 5) is 0.